The average Bonchev–Trinajstić information content (AvgIpc) is 2.97. The SMILES string of the molecule is Cc1cc(Cl)cc2c1N[C@H](c1ccccc1Cl)[C@@H]1CC=C[C@@H]21. The summed E-state index contributed by atoms with van der Waals surface area (Å²) in [5.74, 6) is 0.903. The van der Waals surface area contributed by atoms with Crippen LogP contribution in [-0.2, 0) is 0 Å². The van der Waals surface area contributed by atoms with E-state index >= 15 is 0 Å². The summed E-state index contributed by atoms with van der Waals surface area (Å²) in [6.07, 6.45) is 5.68. The third-order valence-electron chi connectivity index (χ3n) is 4.87. The summed E-state index contributed by atoms with van der Waals surface area (Å²) in [5.41, 5.74) is 4.90. The van der Waals surface area contributed by atoms with Crippen LogP contribution in [-0.4, -0.2) is 0 Å². The van der Waals surface area contributed by atoms with Crippen molar-refractivity contribution in [1.29, 1.82) is 0 Å². The van der Waals surface area contributed by atoms with Crippen LogP contribution in [0.25, 0.3) is 0 Å². The van der Waals surface area contributed by atoms with Gasteiger partial charge < -0.3 is 5.32 Å². The monoisotopic (exact) mass is 329 g/mol. The predicted molar refractivity (Wildman–Crippen MR) is 94.0 cm³/mol. The Hall–Kier alpha value is -1.44. The number of nitrogens with one attached hydrogen (secondary N) is 1. The number of aryl methyl sites for hydroxylation is 1. The van der Waals surface area contributed by atoms with E-state index in [2.05, 4.69) is 42.6 Å². The molecule has 0 bridgehead atoms. The maximum absolute atomic E-state index is 6.46. The van der Waals surface area contributed by atoms with E-state index in [0.29, 0.717) is 11.8 Å². The molecule has 0 aromatic heterocycles. The molecule has 22 heavy (non-hydrogen) atoms. The molecule has 0 saturated heterocycles. The largest absolute Gasteiger partial charge is 0.377 e. The molecule has 2 aromatic rings. The summed E-state index contributed by atoms with van der Waals surface area (Å²) in [4.78, 5) is 0. The van der Waals surface area contributed by atoms with Crippen LogP contribution in [0.1, 0.15) is 35.1 Å². The molecule has 0 amide bonds. The molecule has 0 unspecified atom stereocenters. The van der Waals surface area contributed by atoms with Crippen LogP contribution in [0.5, 0.6) is 0 Å². The molecule has 0 radical (unpaired) electrons. The zero-order valence-corrected chi connectivity index (χ0v) is 13.8. The highest BCUT2D eigenvalue weighted by Gasteiger charge is 2.39. The van der Waals surface area contributed by atoms with Crippen molar-refractivity contribution in [2.45, 2.75) is 25.3 Å². The van der Waals surface area contributed by atoms with Gasteiger partial charge in [0.1, 0.15) is 0 Å². The van der Waals surface area contributed by atoms with Crippen LogP contribution in [0.4, 0.5) is 5.69 Å². The number of rotatable bonds is 1. The third kappa shape index (κ3) is 2.15. The van der Waals surface area contributed by atoms with E-state index in [4.69, 9.17) is 23.2 Å². The summed E-state index contributed by atoms with van der Waals surface area (Å²) in [5, 5.41) is 5.39. The van der Waals surface area contributed by atoms with Gasteiger partial charge in [-0.2, -0.15) is 0 Å². The lowest BCUT2D eigenvalue weighted by Gasteiger charge is -2.38. The number of allylic oxidation sites excluding steroid dienone is 2. The molecule has 1 N–H and O–H groups in total. The molecule has 0 saturated carbocycles. The van der Waals surface area contributed by atoms with Gasteiger partial charge in [-0.25, -0.2) is 0 Å². The molecule has 2 aliphatic rings. The molecule has 4 rings (SSSR count). The molecule has 1 aliphatic heterocycles. The second kappa shape index (κ2) is 5.33. The van der Waals surface area contributed by atoms with E-state index in [-0.39, 0.29) is 6.04 Å². The van der Waals surface area contributed by atoms with Gasteiger partial charge in [0.25, 0.3) is 0 Å². The normalized spacial score (nSPS) is 25.5. The van der Waals surface area contributed by atoms with E-state index in [1.807, 2.05) is 18.2 Å². The Morgan fingerprint density at radius 1 is 1.09 bits per heavy atom. The number of fused-ring (bicyclic) bond motifs is 3. The van der Waals surface area contributed by atoms with Gasteiger partial charge in [0.2, 0.25) is 0 Å². The maximum Gasteiger partial charge on any atom is 0.0568 e. The lowest BCUT2D eigenvalue weighted by molar-refractivity contribution is 0.425. The fourth-order valence-electron chi connectivity index (χ4n) is 3.88. The molecular weight excluding hydrogens is 313 g/mol. The summed E-state index contributed by atoms with van der Waals surface area (Å²) in [6.45, 7) is 2.11. The minimum atomic E-state index is 0.237. The second-order valence-corrected chi connectivity index (χ2v) is 7.03. The van der Waals surface area contributed by atoms with Gasteiger partial charge in [0, 0.05) is 21.7 Å². The van der Waals surface area contributed by atoms with E-state index < -0.39 is 0 Å². The molecule has 3 heteroatoms. The zero-order chi connectivity index (χ0) is 15.3. The predicted octanol–water partition coefficient (Wildman–Crippen LogP) is 6.13. The first kappa shape index (κ1) is 14.2. The topological polar surface area (TPSA) is 12.0 Å². The van der Waals surface area contributed by atoms with Crippen LogP contribution >= 0.6 is 23.2 Å². The molecule has 1 heterocycles. The molecule has 1 aliphatic carbocycles. The van der Waals surface area contributed by atoms with Gasteiger partial charge in [0.05, 0.1) is 6.04 Å². The Labute approximate surface area is 140 Å². The van der Waals surface area contributed by atoms with Gasteiger partial charge in [0.15, 0.2) is 0 Å². The molecule has 0 spiro atoms. The maximum atomic E-state index is 6.46. The number of halogens is 2. The minimum absolute atomic E-state index is 0.237. The van der Waals surface area contributed by atoms with Crippen molar-refractivity contribution < 1.29 is 0 Å². The number of anilines is 1. The van der Waals surface area contributed by atoms with Crippen molar-refractivity contribution in [3.05, 3.63) is 75.3 Å². The minimum Gasteiger partial charge on any atom is -0.377 e. The van der Waals surface area contributed by atoms with Crippen molar-refractivity contribution in [1.82, 2.24) is 0 Å². The van der Waals surface area contributed by atoms with Crippen molar-refractivity contribution >= 4 is 28.9 Å². The van der Waals surface area contributed by atoms with Crippen LogP contribution in [0.3, 0.4) is 0 Å². The van der Waals surface area contributed by atoms with Gasteiger partial charge in [-0.05, 0) is 54.2 Å². The number of hydrogen-bond acceptors (Lipinski definition) is 1. The van der Waals surface area contributed by atoms with E-state index in [1.165, 1.54) is 22.4 Å². The highest BCUT2D eigenvalue weighted by atomic mass is 35.5. The lowest BCUT2D eigenvalue weighted by Crippen LogP contribution is -2.29. The van der Waals surface area contributed by atoms with Crippen molar-refractivity contribution in [2.75, 3.05) is 5.32 Å². The van der Waals surface area contributed by atoms with Crippen LogP contribution in [0, 0.1) is 12.8 Å². The Bertz CT molecular complexity index is 766. The fraction of sp³-hybridized carbons (Fsp3) is 0.263. The Kier molecular flexibility index (Phi) is 3.43. The quantitative estimate of drug-likeness (QED) is 0.620. The zero-order valence-electron chi connectivity index (χ0n) is 12.3. The van der Waals surface area contributed by atoms with E-state index in [9.17, 15) is 0 Å². The third-order valence-corrected chi connectivity index (χ3v) is 5.43. The summed E-state index contributed by atoms with van der Waals surface area (Å²) < 4.78 is 0. The smallest absolute Gasteiger partial charge is 0.0568 e. The number of hydrogen-bond donors (Lipinski definition) is 1. The molecule has 0 fully saturated rings. The van der Waals surface area contributed by atoms with Gasteiger partial charge in [-0.15, -0.1) is 0 Å². The second-order valence-electron chi connectivity index (χ2n) is 6.18. The average molecular weight is 330 g/mol. The Balaban J connectivity index is 1.86. The molecular formula is C19H17Cl2N. The van der Waals surface area contributed by atoms with Crippen molar-refractivity contribution in [3.63, 3.8) is 0 Å². The van der Waals surface area contributed by atoms with E-state index in [0.717, 1.165) is 16.5 Å². The molecule has 2 aromatic carbocycles. The standard InChI is InChI=1S/C19H17Cl2N/c1-11-9-12(20)10-16-13-6-4-7-14(13)19(22-18(11)16)15-5-2-3-8-17(15)21/h2-6,8-10,13-14,19,22H,7H2,1H3/t13-,14-,19+/m1/s1. The summed E-state index contributed by atoms with van der Waals surface area (Å²) >= 11 is 12.7. The highest BCUT2D eigenvalue weighted by Crippen LogP contribution is 2.51. The molecule has 112 valence electrons. The van der Waals surface area contributed by atoms with Gasteiger partial charge in [-0.1, -0.05) is 53.6 Å². The van der Waals surface area contributed by atoms with E-state index in [1.54, 1.807) is 0 Å². The van der Waals surface area contributed by atoms with Gasteiger partial charge >= 0.3 is 0 Å². The fourth-order valence-corrected chi connectivity index (χ4v) is 4.41. The highest BCUT2D eigenvalue weighted by molar-refractivity contribution is 6.31. The molecule has 1 nitrogen and oxygen atoms in total. The van der Waals surface area contributed by atoms with Crippen molar-refractivity contribution in [3.8, 4) is 0 Å². The van der Waals surface area contributed by atoms with Crippen LogP contribution < -0.4 is 5.32 Å². The first-order chi connectivity index (χ1) is 10.6. The summed E-state index contributed by atoms with van der Waals surface area (Å²) in [6, 6.07) is 12.5. The Morgan fingerprint density at radius 3 is 2.73 bits per heavy atom. The molecule has 3 atom stereocenters. The first-order valence-corrected chi connectivity index (χ1v) is 8.38. The van der Waals surface area contributed by atoms with Crippen LogP contribution in [0.2, 0.25) is 10.0 Å². The van der Waals surface area contributed by atoms with Crippen LogP contribution in [0.15, 0.2) is 48.6 Å². The van der Waals surface area contributed by atoms with Crippen molar-refractivity contribution in [2.24, 2.45) is 5.92 Å². The van der Waals surface area contributed by atoms with Gasteiger partial charge in [-0.3, -0.25) is 0 Å². The Morgan fingerprint density at radius 2 is 1.91 bits per heavy atom. The lowest BCUT2D eigenvalue weighted by atomic mass is 9.76. The number of benzene rings is 2. The first-order valence-electron chi connectivity index (χ1n) is 7.63. The summed E-state index contributed by atoms with van der Waals surface area (Å²) in [7, 11) is 0.